The Morgan fingerprint density at radius 2 is 2.00 bits per heavy atom. The molecule has 0 bridgehead atoms. The first-order valence-electron chi connectivity index (χ1n) is 8.83. The summed E-state index contributed by atoms with van der Waals surface area (Å²) in [5, 5.41) is 2.53. The predicted molar refractivity (Wildman–Crippen MR) is 106 cm³/mol. The first-order chi connectivity index (χ1) is 13.6. The number of fused-ring (bicyclic) bond motifs is 1. The number of anilines is 1. The van der Waals surface area contributed by atoms with E-state index >= 15 is 0 Å². The standard InChI is InChI=1S/C18H21N5O5S/c1-10(2)8-23-9-21-17-15(18(23)25)14(11(3)28-17)16(24)22-12-5-6-13(20-7-12)29(26,27)19-4/h5-7,9-10,19H,8H2,1-4H3,(H,22,24). The normalized spacial score (nSPS) is 11.9. The van der Waals surface area contributed by atoms with Gasteiger partial charge in [-0.3, -0.25) is 14.2 Å². The van der Waals surface area contributed by atoms with Crippen molar-refractivity contribution >= 4 is 32.7 Å². The van der Waals surface area contributed by atoms with Crippen molar-refractivity contribution in [1.82, 2.24) is 19.3 Å². The Morgan fingerprint density at radius 3 is 2.59 bits per heavy atom. The lowest BCUT2D eigenvalue weighted by atomic mass is 10.1. The molecule has 1 amide bonds. The molecule has 3 aromatic heterocycles. The number of hydrogen-bond donors (Lipinski definition) is 2. The molecule has 10 nitrogen and oxygen atoms in total. The second-order valence-corrected chi connectivity index (χ2v) is 8.69. The van der Waals surface area contributed by atoms with E-state index in [9.17, 15) is 18.0 Å². The summed E-state index contributed by atoms with van der Waals surface area (Å²) in [5.74, 6) is -0.101. The maximum atomic E-state index is 12.8. The Bertz CT molecular complexity index is 1230. The summed E-state index contributed by atoms with van der Waals surface area (Å²) in [7, 11) is -2.41. The van der Waals surface area contributed by atoms with Gasteiger partial charge >= 0.3 is 0 Å². The van der Waals surface area contributed by atoms with Crippen molar-refractivity contribution in [1.29, 1.82) is 0 Å². The summed E-state index contributed by atoms with van der Waals surface area (Å²) in [4.78, 5) is 33.7. The topological polar surface area (TPSA) is 136 Å². The van der Waals surface area contributed by atoms with Crippen LogP contribution in [0.3, 0.4) is 0 Å². The summed E-state index contributed by atoms with van der Waals surface area (Å²) in [6, 6.07) is 2.67. The number of aromatic nitrogens is 3. The summed E-state index contributed by atoms with van der Waals surface area (Å²) in [5.41, 5.74) is 0.0817. The van der Waals surface area contributed by atoms with E-state index in [4.69, 9.17) is 4.42 Å². The van der Waals surface area contributed by atoms with Gasteiger partial charge < -0.3 is 9.73 Å². The van der Waals surface area contributed by atoms with Crippen LogP contribution in [-0.4, -0.2) is 35.9 Å². The van der Waals surface area contributed by atoms with Crippen LogP contribution in [-0.2, 0) is 16.6 Å². The van der Waals surface area contributed by atoms with E-state index < -0.39 is 15.9 Å². The lowest BCUT2D eigenvalue weighted by Crippen LogP contribution is -2.24. The van der Waals surface area contributed by atoms with E-state index in [1.54, 1.807) is 6.92 Å². The van der Waals surface area contributed by atoms with Crippen LogP contribution in [0.25, 0.3) is 11.1 Å². The number of carbonyl (C=O) groups excluding carboxylic acids is 1. The van der Waals surface area contributed by atoms with Gasteiger partial charge in [0.05, 0.1) is 17.4 Å². The van der Waals surface area contributed by atoms with Crippen molar-refractivity contribution < 1.29 is 17.6 Å². The van der Waals surface area contributed by atoms with Gasteiger partial charge in [0.2, 0.25) is 5.71 Å². The minimum atomic E-state index is -3.68. The molecule has 29 heavy (non-hydrogen) atoms. The third-order valence-corrected chi connectivity index (χ3v) is 5.51. The highest BCUT2D eigenvalue weighted by molar-refractivity contribution is 7.89. The third-order valence-electron chi connectivity index (χ3n) is 4.18. The molecule has 0 fully saturated rings. The van der Waals surface area contributed by atoms with E-state index in [-0.39, 0.29) is 44.6 Å². The van der Waals surface area contributed by atoms with Gasteiger partial charge in [-0.25, -0.2) is 23.1 Å². The molecule has 0 unspecified atom stereocenters. The molecule has 2 N–H and O–H groups in total. The number of carbonyl (C=O) groups is 1. The molecule has 154 valence electrons. The van der Waals surface area contributed by atoms with Crippen molar-refractivity contribution in [2.75, 3.05) is 12.4 Å². The van der Waals surface area contributed by atoms with Crippen molar-refractivity contribution in [2.24, 2.45) is 5.92 Å². The highest BCUT2D eigenvalue weighted by atomic mass is 32.2. The van der Waals surface area contributed by atoms with Crippen LogP contribution in [0, 0.1) is 12.8 Å². The molecule has 3 rings (SSSR count). The Morgan fingerprint density at radius 1 is 1.28 bits per heavy atom. The van der Waals surface area contributed by atoms with Crippen LogP contribution >= 0.6 is 0 Å². The second-order valence-electron chi connectivity index (χ2n) is 6.86. The minimum absolute atomic E-state index is 0.0857. The van der Waals surface area contributed by atoms with Crippen molar-refractivity contribution in [2.45, 2.75) is 32.3 Å². The van der Waals surface area contributed by atoms with Gasteiger partial charge in [-0.2, -0.15) is 0 Å². The van der Waals surface area contributed by atoms with Gasteiger partial charge in [0.25, 0.3) is 21.5 Å². The molecule has 0 saturated heterocycles. The second kappa shape index (κ2) is 7.76. The predicted octanol–water partition coefficient (Wildman–Crippen LogP) is 1.51. The molecular formula is C18H21N5O5S. The van der Waals surface area contributed by atoms with Gasteiger partial charge in [-0.1, -0.05) is 13.8 Å². The molecule has 0 aliphatic rings. The monoisotopic (exact) mass is 419 g/mol. The van der Waals surface area contributed by atoms with E-state index in [1.807, 2.05) is 13.8 Å². The average Bonchev–Trinajstić information content (AvgIpc) is 3.01. The van der Waals surface area contributed by atoms with Crippen LogP contribution in [0.1, 0.15) is 30.0 Å². The molecule has 11 heteroatoms. The summed E-state index contributed by atoms with van der Waals surface area (Å²) >= 11 is 0. The fourth-order valence-electron chi connectivity index (χ4n) is 2.85. The van der Waals surface area contributed by atoms with Crippen LogP contribution in [0.5, 0.6) is 0 Å². The van der Waals surface area contributed by atoms with Crippen LogP contribution < -0.4 is 15.6 Å². The van der Waals surface area contributed by atoms with Gasteiger partial charge in [-0.15, -0.1) is 0 Å². The van der Waals surface area contributed by atoms with Gasteiger partial charge in [0.15, 0.2) is 5.03 Å². The molecule has 3 aromatic rings. The highest BCUT2D eigenvalue weighted by Crippen LogP contribution is 2.22. The zero-order chi connectivity index (χ0) is 21.3. The first kappa shape index (κ1) is 20.7. The molecule has 0 aliphatic heterocycles. The van der Waals surface area contributed by atoms with Crippen LogP contribution in [0.2, 0.25) is 0 Å². The molecule has 0 aliphatic carbocycles. The highest BCUT2D eigenvalue weighted by Gasteiger charge is 2.23. The average molecular weight is 419 g/mol. The lowest BCUT2D eigenvalue weighted by molar-refractivity contribution is 0.102. The Kier molecular flexibility index (Phi) is 5.53. The number of nitrogens with zero attached hydrogens (tertiary/aromatic N) is 3. The molecule has 0 radical (unpaired) electrons. The number of nitrogens with one attached hydrogen (secondary N) is 2. The molecule has 0 atom stereocenters. The number of pyridine rings is 1. The van der Waals surface area contributed by atoms with Crippen LogP contribution in [0.15, 0.2) is 38.9 Å². The first-order valence-corrected chi connectivity index (χ1v) is 10.3. The van der Waals surface area contributed by atoms with E-state index in [2.05, 4.69) is 20.0 Å². The third kappa shape index (κ3) is 4.05. The van der Waals surface area contributed by atoms with E-state index in [0.717, 1.165) is 0 Å². The minimum Gasteiger partial charge on any atom is -0.442 e. The molecular weight excluding hydrogens is 398 g/mol. The Balaban J connectivity index is 1.97. The fraction of sp³-hybridized carbons (Fsp3) is 0.333. The Hall–Kier alpha value is -3.05. The number of amides is 1. The van der Waals surface area contributed by atoms with Crippen molar-refractivity contribution in [3.63, 3.8) is 0 Å². The SMILES string of the molecule is CNS(=O)(=O)c1ccc(NC(=O)c2c(C)oc3ncn(CC(C)C)c(=O)c23)cn1. The van der Waals surface area contributed by atoms with Crippen molar-refractivity contribution in [3.05, 3.63) is 46.3 Å². The smallest absolute Gasteiger partial charge is 0.265 e. The van der Waals surface area contributed by atoms with Gasteiger partial charge in [0.1, 0.15) is 17.5 Å². The zero-order valence-electron chi connectivity index (χ0n) is 16.4. The molecule has 0 saturated carbocycles. The summed E-state index contributed by atoms with van der Waals surface area (Å²) < 4.78 is 32.6. The Labute approximate surface area is 167 Å². The van der Waals surface area contributed by atoms with E-state index in [0.29, 0.717) is 6.54 Å². The fourth-order valence-corrected chi connectivity index (χ4v) is 3.49. The maximum Gasteiger partial charge on any atom is 0.265 e. The largest absolute Gasteiger partial charge is 0.442 e. The zero-order valence-corrected chi connectivity index (χ0v) is 17.2. The summed E-state index contributed by atoms with van der Waals surface area (Å²) in [6.07, 6.45) is 2.62. The number of hydrogen-bond acceptors (Lipinski definition) is 7. The molecule has 0 aromatic carbocycles. The van der Waals surface area contributed by atoms with Crippen molar-refractivity contribution in [3.8, 4) is 0 Å². The number of aryl methyl sites for hydroxylation is 1. The van der Waals surface area contributed by atoms with Crippen LogP contribution in [0.4, 0.5) is 5.69 Å². The maximum absolute atomic E-state index is 12.8. The van der Waals surface area contributed by atoms with E-state index in [1.165, 1.54) is 36.3 Å². The summed E-state index contributed by atoms with van der Waals surface area (Å²) in [6.45, 7) is 5.97. The van der Waals surface area contributed by atoms with Gasteiger partial charge in [0, 0.05) is 6.54 Å². The molecule has 3 heterocycles. The lowest BCUT2D eigenvalue weighted by Gasteiger charge is -2.08. The van der Waals surface area contributed by atoms with Gasteiger partial charge in [-0.05, 0) is 32.0 Å². The molecule has 0 spiro atoms. The quantitative estimate of drug-likeness (QED) is 0.618. The number of sulfonamides is 1. The number of rotatable bonds is 6. The number of furan rings is 1.